The molecule has 0 amide bonds. The molecule has 3 N–H and O–H groups in total. The maximum absolute atomic E-state index is 10.5. The molecule has 0 unspecified atom stereocenters. The lowest BCUT2D eigenvalue weighted by Crippen LogP contribution is -2.47. The van der Waals surface area contributed by atoms with Crippen molar-refractivity contribution in [3.05, 3.63) is 0 Å². The quantitative estimate of drug-likeness (QED) is 0.454. The van der Waals surface area contributed by atoms with E-state index in [0.29, 0.717) is 6.42 Å². The number of aliphatic carboxylic acids is 2. The van der Waals surface area contributed by atoms with Crippen molar-refractivity contribution in [1.29, 1.82) is 0 Å². The number of carbonyl (C=O) groups is 2. The predicted octanol–water partition coefficient (Wildman–Crippen LogP) is -0.178. The van der Waals surface area contributed by atoms with Gasteiger partial charge in [-0.25, -0.2) is 0 Å². The molecule has 0 aliphatic carbocycles. The minimum Gasteiger partial charge on any atom is -0.480 e. The average molecular weight is 207 g/mol. The fourth-order valence-electron chi connectivity index (χ4n) is 0.809. The Bertz CT molecular complexity index is 177. The fraction of sp³-hybridized carbons (Fsp3) is 0.714. The van der Waals surface area contributed by atoms with Crippen LogP contribution in [0.5, 0.6) is 0 Å². The number of hydrogen-bond acceptors (Lipinski definition) is 4. The molecule has 0 bridgehead atoms. The normalized spacial score (nSPS) is 14.9. The van der Waals surface area contributed by atoms with Gasteiger partial charge in [-0.15, -0.1) is 0 Å². The van der Waals surface area contributed by atoms with Crippen molar-refractivity contribution < 1.29 is 19.8 Å². The van der Waals surface area contributed by atoms with Gasteiger partial charge in [-0.05, 0) is 6.42 Å². The van der Waals surface area contributed by atoms with Gasteiger partial charge >= 0.3 is 11.9 Å². The smallest absolute Gasteiger partial charge is 0.321 e. The first-order chi connectivity index (χ1) is 6.02. The van der Waals surface area contributed by atoms with Gasteiger partial charge in [-0.2, -0.15) is 12.6 Å². The van der Waals surface area contributed by atoms with E-state index in [1.54, 1.807) is 6.92 Å². The number of carboxylic acid groups (broad SMARTS) is 2. The maximum Gasteiger partial charge on any atom is 0.321 e. The van der Waals surface area contributed by atoms with Crippen LogP contribution in [0, 0.1) is 0 Å². The Balaban J connectivity index is 4.19. The van der Waals surface area contributed by atoms with Crippen LogP contribution in [0.15, 0.2) is 0 Å². The zero-order valence-corrected chi connectivity index (χ0v) is 8.12. The van der Waals surface area contributed by atoms with E-state index in [9.17, 15) is 9.59 Å². The van der Waals surface area contributed by atoms with Gasteiger partial charge in [0, 0.05) is 5.75 Å². The molecule has 0 saturated carbocycles. The van der Waals surface area contributed by atoms with E-state index in [4.69, 9.17) is 10.2 Å². The third-order valence-corrected chi connectivity index (χ3v) is 1.95. The summed E-state index contributed by atoms with van der Waals surface area (Å²) in [5.41, 5.74) is 0. The standard InChI is InChI=1S/C7H13NO4S/c1-2-4(6(9)10)8-5(3-13)7(11)12/h4-5,8,13H,2-3H2,1H3,(H,9,10)(H,11,12)/t4-,5-/m0/s1. The molecular formula is C7H13NO4S. The molecule has 6 heteroatoms. The Morgan fingerprint density at radius 3 is 2.00 bits per heavy atom. The maximum atomic E-state index is 10.5. The van der Waals surface area contributed by atoms with Crippen molar-refractivity contribution in [1.82, 2.24) is 5.32 Å². The summed E-state index contributed by atoms with van der Waals surface area (Å²) in [5, 5.41) is 19.7. The van der Waals surface area contributed by atoms with Gasteiger partial charge in [0.15, 0.2) is 0 Å². The third-order valence-electron chi connectivity index (χ3n) is 1.59. The molecule has 0 radical (unpaired) electrons. The number of hydrogen-bond donors (Lipinski definition) is 4. The van der Waals surface area contributed by atoms with E-state index in [1.807, 2.05) is 0 Å². The minimum absolute atomic E-state index is 0.0686. The Morgan fingerprint density at radius 2 is 1.77 bits per heavy atom. The van der Waals surface area contributed by atoms with Gasteiger partial charge in [-0.1, -0.05) is 6.92 Å². The van der Waals surface area contributed by atoms with Crippen LogP contribution >= 0.6 is 12.6 Å². The second-order valence-corrected chi connectivity index (χ2v) is 2.90. The van der Waals surface area contributed by atoms with Gasteiger partial charge in [0.2, 0.25) is 0 Å². The summed E-state index contributed by atoms with van der Waals surface area (Å²) >= 11 is 3.80. The molecule has 0 rings (SSSR count). The zero-order chi connectivity index (χ0) is 10.4. The Kier molecular flexibility index (Phi) is 5.48. The van der Waals surface area contributed by atoms with E-state index >= 15 is 0 Å². The Morgan fingerprint density at radius 1 is 1.31 bits per heavy atom. The highest BCUT2D eigenvalue weighted by molar-refractivity contribution is 7.80. The highest BCUT2D eigenvalue weighted by Gasteiger charge is 2.23. The van der Waals surface area contributed by atoms with Crippen molar-refractivity contribution in [3.8, 4) is 0 Å². The van der Waals surface area contributed by atoms with Crippen LogP contribution in [-0.4, -0.2) is 40.0 Å². The van der Waals surface area contributed by atoms with Crippen LogP contribution in [0.3, 0.4) is 0 Å². The molecule has 13 heavy (non-hydrogen) atoms. The minimum atomic E-state index is -1.09. The molecule has 0 aromatic rings. The average Bonchev–Trinajstić information content (AvgIpc) is 2.05. The number of nitrogens with one attached hydrogen (secondary N) is 1. The summed E-state index contributed by atoms with van der Waals surface area (Å²) in [4.78, 5) is 21.0. The molecule has 0 saturated heterocycles. The highest BCUT2D eigenvalue weighted by Crippen LogP contribution is 1.96. The molecule has 0 fully saturated rings. The summed E-state index contributed by atoms with van der Waals surface area (Å²) in [5.74, 6) is -2.07. The zero-order valence-electron chi connectivity index (χ0n) is 7.23. The van der Waals surface area contributed by atoms with Crippen LogP contribution < -0.4 is 5.32 Å². The molecule has 5 nitrogen and oxygen atoms in total. The van der Waals surface area contributed by atoms with Crippen LogP contribution in [0.2, 0.25) is 0 Å². The lowest BCUT2D eigenvalue weighted by atomic mass is 10.2. The van der Waals surface area contributed by atoms with Gasteiger partial charge in [0.1, 0.15) is 12.1 Å². The molecule has 0 aromatic carbocycles. The Hall–Kier alpha value is -0.750. The van der Waals surface area contributed by atoms with Gasteiger partial charge in [0.05, 0.1) is 0 Å². The molecule has 0 aliphatic heterocycles. The van der Waals surface area contributed by atoms with Crippen molar-refractivity contribution in [2.45, 2.75) is 25.4 Å². The van der Waals surface area contributed by atoms with Crippen molar-refractivity contribution >= 4 is 24.6 Å². The summed E-state index contributed by atoms with van der Waals surface area (Å²) in [6.07, 6.45) is 0.340. The fourth-order valence-corrected chi connectivity index (χ4v) is 1.07. The van der Waals surface area contributed by atoms with E-state index in [1.165, 1.54) is 0 Å². The number of thiol groups is 1. The second-order valence-electron chi connectivity index (χ2n) is 2.54. The third kappa shape index (κ3) is 4.14. The van der Waals surface area contributed by atoms with Crippen LogP contribution in [0.1, 0.15) is 13.3 Å². The molecule has 0 aliphatic rings. The number of carboxylic acids is 2. The van der Waals surface area contributed by atoms with Crippen molar-refractivity contribution in [2.24, 2.45) is 0 Å². The Labute approximate surface area is 81.5 Å². The molecular weight excluding hydrogens is 194 g/mol. The SMILES string of the molecule is CC[C@H](N[C@@H](CS)C(=O)O)C(=O)O. The predicted molar refractivity (Wildman–Crippen MR) is 50.1 cm³/mol. The first kappa shape index (κ1) is 12.2. The van der Waals surface area contributed by atoms with Crippen molar-refractivity contribution in [3.63, 3.8) is 0 Å². The summed E-state index contributed by atoms with van der Waals surface area (Å²) < 4.78 is 0. The van der Waals surface area contributed by atoms with Gasteiger partial charge in [-0.3, -0.25) is 14.9 Å². The van der Waals surface area contributed by atoms with E-state index in [2.05, 4.69) is 17.9 Å². The summed E-state index contributed by atoms with van der Waals surface area (Å²) in [7, 11) is 0. The highest BCUT2D eigenvalue weighted by atomic mass is 32.1. The largest absolute Gasteiger partial charge is 0.480 e. The molecule has 0 aromatic heterocycles. The number of rotatable bonds is 6. The van der Waals surface area contributed by atoms with Gasteiger partial charge < -0.3 is 10.2 Å². The van der Waals surface area contributed by atoms with Crippen LogP contribution in [-0.2, 0) is 9.59 Å². The van der Waals surface area contributed by atoms with Crippen LogP contribution in [0.25, 0.3) is 0 Å². The van der Waals surface area contributed by atoms with E-state index in [-0.39, 0.29) is 5.75 Å². The van der Waals surface area contributed by atoms with Crippen LogP contribution in [0.4, 0.5) is 0 Å². The second kappa shape index (κ2) is 5.82. The van der Waals surface area contributed by atoms with Gasteiger partial charge in [0.25, 0.3) is 0 Å². The van der Waals surface area contributed by atoms with E-state index in [0.717, 1.165) is 0 Å². The molecule has 76 valence electrons. The summed E-state index contributed by atoms with van der Waals surface area (Å²) in [6.45, 7) is 1.67. The molecule has 2 atom stereocenters. The topological polar surface area (TPSA) is 86.6 Å². The first-order valence-corrected chi connectivity index (χ1v) is 4.48. The molecule has 0 spiro atoms. The molecule has 0 heterocycles. The van der Waals surface area contributed by atoms with Crippen molar-refractivity contribution in [2.75, 3.05) is 5.75 Å². The lowest BCUT2D eigenvalue weighted by Gasteiger charge is -2.17. The monoisotopic (exact) mass is 207 g/mol. The summed E-state index contributed by atoms with van der Waals surface area (Å²) in [6, 6.07) is -1.74. The van der Waals surface area contributed by atoms with E-state index < -0.39 is 24.0 Å². The first-order valence-electron chi connectivity index (χ1n) is 3.85. The lowest BCUT2D eigenvalue weighted by molar-refractivity contribution is -0.142.